The Morgan fingerprint density at radius 2 is 2.35 bits per heavy atom. The van der Waals surface area contributed by atoms with E-state index in [2.05, 4.69) is 5.32 Å². The number of nitrogens with two attached hydrogens (primary N) is 1. The van der Waals surface area contributed by atoms with Crippen LogP contribution < -0.4 is 15.8 Å². The smallest absolute Gasteiger partial charge is 0.234 e. The molecule has 1 rings (SSSR count). The van der Waals surface area contributed by atoms with Gasteiger partial charge in [-0.25, -0.2) is 4.39 Å². The number of benzene rings is 1. The number of rotatable bonds is 7. The average Bonchev–Trinajstić information content (AvgIpc) is 2.28. The highest BCUT2D eigenvalue weighted by atomic mass is 19.1. The minimum atomic E-state index is -0.409. The predicted molar refractivity (Wildman–Crippen MR) is 63.2 cm³/mol. The number of likely N-dealkylation sites (N-methyl/N-ethyl adjacent to an activating group) is 1. The number of amides is 1. The zero-order valence-electron chi connectivity index (χ0n) is 9.78. The van der Waals surface area contributed by atoms with E-state index in [0.717, 1.165) is 0 Å². The molecule has 0 bridgehead atoms. The summed E-state index contributed by atoms with van der Waals surface area (Å²) in [6, 6.07) is 5.47. The molecular formula is C12H17FN2O2. The summed E-state index contributed by atoms with van der Waals surface area (Å²) in [6.45, 7) is 2.86. The van der Waals surface area contributed by atoms with Crippen LogP contribution in [0.3, 0.4) is 0 Å². The standard InChI is InChI=1S/C12H17FN2O2/c1-2-15-11(12(14)16)6-7-17-10-5-3-4-9(13)8-10/h3-5,8,11,15H,2,6-7H2,1H3,(H2,14,16). The number of carbonyl (C=O) groups is 1. The van der Waals surface area contributed by atoms with Crippen LogP contribution in [0.2, 0.25) is 0 Å². The molecule has 4 nitrogen and oxygen atoms in total. The first kappa shape index (κ1) is 13.4. The van der Waals surface area contributed by atoms with Crippen LogP contribution in [0.4, 0.5) is 4.39 Å². The minimum absolute atomic E-state index is 0.310. The molecule has 1 aromatic carbocycles. The van der Waals surface area contributed by atoms with E-state index in [0.29, 0.717) is 25.3 Å². The Hall–Kier alpha value is -1.62. The molecule has 3 N–H and O–H groups in total. The van der Waals surface area contributed by atoms with E-state index in [1.807, 2.05) is 6.92 Å². The van der Waals surface area contributed by atoms with Crippen LogP contribution in [0.15, 0.2) is 24.3 Å². The number of hydrogen-bond donors (Lipinski definition) is 2. The lowest BCUT2D eigenvalue weighted by Crippen LogP contribution is -2.42. The fourth-order valence-electron chi connectivity index (χ4n) is 1.44. The number of halogens is 1. The Kier molecular flexibility index (Phi) is 5.42. The van der Waals surface area contributed by atoms with Crippen molar-refractivity contribution in [2.75, 3.05) is 13.2 Å². The van der Waals surface area contributed by atoms with Crippen molar-refractivity contribution in [1.82, 2.24) is 5.32 Å². The first-order valence-electron chi connectivity index (χ1n) is 5.54. The van der Waals surface area contributed by atoms with Gasteiger partial charge in [0.1, 0.15) is 11.6 Å². The second-order valence-corrected chi connectivity index (χ2v) is 3.61. The van der Waals surface area contributed by atoms with E-state index in [1.54, 1.807) is 12.1 Å². The van der Waals surface area contributed by atoms with E-state index in [4.69, 9.17) is 10.5 Å². The van der Waals surface area contributed by atoms with Gasteiger partial charge in [0.2, 0.25) is 5.91 Å². The summed E-state index contributed by atoms with van der Waals surface area (Å²) in [5, 5.41) is 2.95. The van der Waals surface area contributed by atoms with E-state index in [9.17, 15) is 9.18 Å². The fraction of sp³-hybridized carbons (Fsp3) is 0.417. The molecule has 0 aliphatic rings. The highest BCUT2D eigenvalue weighted by Crippen LogP contribution is 2.12. The molecule has 1 unspecified atom stereocenters. The molecule has 0 radical (unpaired) electrons. The molecule has 94 valence electrons. The number of hydrogen-bond acceptors (Lipinski definition) is 3. The van der Waals surface area contributed by atoms with Crippen molar-refractivity contribution in [2.24, 2.45) is 5.73 Å². The number of carbonyl (C=O) groups excluding carboxylic acids is 1. The predicted octanol–water partition coefficient (Wildman–Crippen LogP) is 1.06. The number of primary amides is 1. The topological polar surface area (TPSA) is 64.3 Å². The van der Waals surface area contributed by atoms with Gasteiger partial charge in [-0.3, -0.25) is 4.79 Å². The van der Waals surface area contributed by atoms with Crippen LogP contribution in [0.1, 0.15) is 13.3 Å². The normalized spacial score (nSPS) is 12.1. The van der Waals surface area contributed by atoms with Gasteiger partial charge in [0.25, 0.3) is 0 Å². The van der Waals surface area contributed by atoms with Gasteiger partial charge in [-0.1, -0.05) is 13.0 Å². The SMILES string of the molecule is CCNC(CCOc1cccc(F)c1)C(N)=O. The average molecular weight is 240 g/mol. The molecule has 17 heavy (non-hydrogen) atoms. The maximum atomic E-state index is 12.8. The lowest BCUT2D eigenvalue weighted by molar-refractivity contribution is -0.120. The van der Waals surface area contributed by atoms with Gasteiger partial charge in [-0.05, 0) is 18.7 Å². The zero-order valence-corrected chi connectivity index (χ0v) is 9.78. The number of ether oxygens (including phenoxy) is 1. The fourth-order valence-corrected chi connectivity index (χ4v) is 1.44. The van der Waals surface area contributed by atoms with Gasteiger partial charge >= 0.3 is 0 Å². The molecule has 0 spiro atoms. The van der Waals surface area contributed by atoms with Crippen LogP contribution in [0.25, 0.3) is 0 Å². The van der Waals surface area contributed by atoms with Crippen molar-refractivity contribution >= 4 is 5.91 Å². The third-order valence-corrected chi connectivity index (χ3v) is 2.27. The first-order chi connectivity index (χ1) is 8.13. The third-order valence-electron chi connectivity index (χ3n) is 2.27. The van der Waals surface area contributed by atoms with Gasteiger partial charge in [0.05, 0.1) is 12.6 Å². The van der Waals surface area contributed by atoms with Crippen molar-refractivity contribution < 1.29 is 13.9 Å². The monoisotopic (exact) mass is 240 g/mol. The van der Waals surface area contributed by atoms with Crippen molar-refractivity contribution in [3.8, 4) is 5.75 Å². The Morgan fingerprint density at radius 1 is 1.59 bits per heavy atom. The summed E-state index contributed by atoms with van der Waals surface area (Å²) >= 11 is 0. The summed E-state index contributed by atoms with van der Waals surface area (Å²) in [4.78, 5) is 11.0. The molecule has 0 heterocycles. The van der Waals surface area contributed by atoms with Crippen LogP contribution in [0, 0.1) is 5.82 Å². The maximum Gasteiger partial charge on any atom is 0.234 e. The quantitative estimate of drug-likeness (QED) is 0.749. The highest BCUT2D eigenvalue weighted by molar-refractivity contribution is 5.79. The third kappa shape index (κ3) is 4.82. The molecule has 0 aliphatic heterocycles. The maximum absolute atomic E-state index is 12.8. The van der Waals surface area contributed by atoms with Crippen LogP contribution in [-0.2, 0) is 4.79 Å². The van der Waals surface area contributed by atoms with E-state index < -0.39 is 11.9 Å². The summed E-state index contributed by atoms with van der Waals surface area (Å²) in [6.07, 6.45) is 0.458. The van der Waals surface area contributed by atoms with Crippen molar-refractivity contribution in [1.29, 1.82) is 0 Å². The Balaban J connectivity index is 2.38. The molecule has 1 aromatic rings. The lowest BCUT2D eigenvalue weighted by atomic mass is 10.2. The van der Waals surface area contributed by atoms with Crippen LogP contribution in [-0.4, -0.2) is 25.1 Å². The van der Waals surface area contributed by atoms with Crippen molar-refractivity contribution in [3.05, 3.63) is 30.1 Å². The Labute approximate surface area is 100.0 Å². The molecule has 0 aromatic heterocycles. The van der Waals surface area contributed by atoms with Gasteiger partial charge in [0, 0.05) is 12.5 Å². The lowest BCUT2D eigenvalue weighted by Gasteiger charge is -2.14. The van der Waals surface area contributed by atoms with E-state index in [-0.39, 0.29) is 5.82 Å². The largest absolute Gasteiger partial charge is 0.493 e. The Bertz CT molecular complexity index is 371. The summed E-state index contributed by atoms with van der Waals surface area (Å²) in [5.41, 5.74) is 5.21. The zero-order chi connectivity index (χ0) is 12.7. The molecule has 5 heteroatoms. The second-order valence-electron chi connectivity index (χ2n) is 3.61. The van der Waals surface area contributed by atoms with Crippen molar-refractivity contribution in [3.63, 3.8) is 0 Å². The Morgan fingerprint density at radius 3 is 2.94 bits per heavy atom. The van der Waals surface area contributed by atoms with Gasteiger partial charge in [-0.15, -0.1) is 0 Å². The highest BCUT2D eigenvalue weighted by Gasteiger charge is 2.13. The summed E-state index contributed by atoms with van der Waals surface area (Å²) < 4.78 is 18.2. The summed E-state index contributed by atoms with van der Waals surface area (Å²) in [7, 11) is 0. The molecule has 0 fully saturated rings. The minimum Gasteiger partial charge on any atom is -0.493 e. The second kappa shape index (κ2) is 6.85. The van der Waals surface area contributed by atoms with Gasteiger partial charge in [0.15, 0.2) is 0 Å². The van der Waals surface area contributed by atoms with Gasteiger partial charge < -0.3 is 15.8 Å². The molecule has 0 aliphatic carbocycles. The molecule has 0 saturated heterocycles. The van der Waals surface area contributed by atoms with Gasteiger partial charge in [-0.2, -0.15) is 0 Å². The van der Waals surface area contributed by atoms with E-state index >= 15 is 0 Å². The van der Waals surface area contributed by atoms with E-state index in [1.165, 1.54) is 12.1 Å². The molecular weight excluding hydrogens is 223 g/mol. The molecule has 1 atom stereocenters. The molecule has 1 amide bonds. The summed E-state index contributed by atoms with van der Waals surface area (Å²) in [5.74, 6) is -0.306. The van der Waals surface area contributed by atoms with Crippen molar-refractivity contribution in [2.45, 2.75) is 19.4 Å². The number of nitrogens with one attached hydrogen (secondary N) is 1. The molecule has 0 saturated carbocycles. The van der Waals surface area contributed by atoms with Crippen LogP contribution in [0.5, 0.6) is 5.75 Å². The first-order valence-corrected chi connectivity index (χ1v) is 5.54. The van der Waals surface area contributed by atoms with Crippen LogP contribution >= 0.6 is 0 Å².